The first-order valence-electron chi connectivity index (χ1n) is 4.99. The molecule has 6 heteroatoms. The van der Waals surface area contributed by atoms with Crippen LogP contribution in [0.3, 0.4) is 0 Å². The molecule has 0 bridgehead atoms. The molecular weight excluding hydrogens is 216 g/mol. The van der Waals surface area contributed by atoms with Gasteiger partial charge in [-0.05, 0) is 33.7 Å². The van der Waals surface area contributed by atoms with Crippen LogP contribution in [0.25, 0.3) is 0 Å². The van der Waals surface area contributed by atoms with Gasteiger partial charge in [0, 0.05) is 6.04 Å². The molecule has 0 aromatic carbocycles. The summed E-state index contributed by atoms with van der Waals surface area (Å²) in [4.78, 5) is 11.9. The normalized spacial score (nSPS) is 25.6. The fourth-order valence-electron chi connectivity index (χ4n) is 1.84. The standard InChI is InChI=1S/C9H18N2O3S/c1-7(4-5-10)11-8(12)9(2,3)6-15(11,13)14/h7H,4-6,10H2,1-3H3. The number of sulfonamides is 1. The molecule has 5 nitrogen and oxygen atoms in total. The average molecular weight is 234 g/mol. The third-order valence-electron chi connectivity index (χ3n) is 2.61. The lowest BCUT2D eigenvalue weighted by Crippen LogP contribution is -2.40. The van der Waals surface area contributed by atoms with Gasteiger partial charge in [0.1, 0.15) is 0 Å². The van der Waals surface area contributed by atoms with Gasteiger partial charge in [0.05, 0.1) is 11.2 Å². The van der Waals surface area contributed by atoms with Crippen LogP contribution in [0.4, 0.5) is 0 Å². The number of hydrogen-bond donors (Lipinski definition) is 1. The van der Waals surface area contributed by atoms with Gasteiger partial charge < -0.3 is 5.73 Å². The zero-order valence-electron chi connectivity index (χ0n) is 9.36. The minimum absolute atomic E-state index is 0.103. The highest BCUT2D eigenvalue weighted by molar-refractivity contribution is 7.90. The first-order chi connectivity index (χ1) is 6.72. The van der Waals surface area contributed by atoms with Gasteiger partial charge >= 0.3 is 0 Å². The minimum Gasteiger partial charge on any atom is -0.330 e. The average Bonchev–Trinajstić information content (AvgIpc) is 2.16. The predicted molar refractivity (Wildman–Crippen MR) is 57.5 cm³/mol. The molecule has 1 rings (SSSR count). The van der Waals surface area contributed by atoms with Crippen molar-refractivity contribution in [2.24, 2.45) is 11.1 Å². The second-order valence-corrected chi connectivity index (χ2v) is 6.51. The Morgan fingerprint density at radius 2 is 2.07 bits per heavy atom. The molecule has 1 unspecified atom stereocenters. The highest BCUT2D eigenvalue weighted by atomic mass is 32.2. The van der Waals surface area contributed by atoms with Crippen LogP contribution in [0.1, 0.15) is 27.2 Å². The third kappa shape index (κ3) is 2.15. The number of nitrogens with zero attached hydrogens (tertiary/aromatic N) is 1. The maximum atomic E-state index is 11.9. The van der Waals surface area contributed by atoms with Gasteiger partial charge in [-0.25, -0.2) is 12.7 Å². The second-order valence-electron chi connectivity index (χ2n) is 4.67. The summed E-state index contributed by atoms with van der Waals surface area (Å²) in [5.41, 5.74) is 4.56. The summed E-state index contributed by atoms with van der Waals surface area (Å²) in [6, 6.07) is -0.339. The van der Waals surface area contributed by atoms with Crippen molar-refractivity contribution in [3.63, 3.8) is 0 Å². The number of carbonyl (C=O) groups excluding carboxylic acids is 1. The number of rotatable bonds is 3. The van der Waals surface area contributed by atoms with E-state index in [9.17, 15) is 13.2 Å². The molecule has 0 aromatic rings. The van der Waals surface area contributed by atoms with E-state index in [0.717, 1.165) is 4.31 Å². The monoisotopic (exact) mass is 234 g/mol. The quantitative estimate of drug-likeness (QED) is 0.740. The van der Waals surface area contributed by atoms with Gasteiger partial charge in [-0.1, -0.05) is 0 Å². The zero-order valence-corrected chi connectivity index (χ0v) is 10.2. The van der Waals surface area contributed by atoms with Crippen molar-refractivity contribution >= 4 is 15.9 Å². The third-order valence-corrected chi connectivity index (χ3v) is 4.82. The molecule has 88 valence electrons. The second kappa shape index (κ2) is 3.75. The maximum absolute atomic E-state index is 11.9. The van der Waals surface area contributed by atoms with Crippen molar-refractivity contribution < 1.29 is 13.2 Å². The summed E-state index contributed by atoms with van der Waals surface area (Å²) in [5, 5.41) is 0. The number of nitrogens with two attached hydrogens (primary N) is 1. The fourth-order valence-corrected chi connectivity index (χ4v) is 4.17. The Labute approximate surface area is 90.7 Å². The first-order valence-corrected chi connectivity index (χ1v) is 6.60. The van der Waals surface area contributed by atoms with E-state index in [-0.39, 0.29) is 17.7 Å². The highest BCUT2D eigenvalue weighted by Crippen LogP contribution is 2.33. The lowest BCUT2D eigenvalue weighted by atomic mass is 9.95. The van der Waals surface area contributed by atoms with Gasteiger partial charge in [0.15, 0.2) is 0 Å². The molecule has 1 heterocycles. The molecule has 15 heavy (non-hydrogen) atoms. The summed E-state index contributed by atoms with van der Waals surface area (Å²) in [6.45, 7) is 5.40. The Hall–Kier alpha value is -0.620. The number of hydrogen-bond acceptors (Lipinski definition) is 4. The van der Waals surface area contributed by atoms with E-state index in [4.69, 9.17) is 5.73 Å². The minimum atomic E-state index is -3.44. The maximum Gasteiger partial charge on any atom is 0.243 e. The fraction of sp³-hybridized carbons (Fsp3) is 0.889. The van der Waals surface area contributed by atoms with E-state index in [2.05, 4.69) is 0 Å². The Morgan fingerprint density at radius 1 is 1.53 bits per heavy atom. The molecule has 0 saturated carbocycles. The van der Waals surface area contributed by atoms with E-state index in [1.165, 1.54) is 0 Å². The smallest absolute Gasteiger partial charge is 0.243 e. The van der Waals surface area contributed by atoms with Crippen LogP contribution in [-0.4, -0.2) is 37.0 Å². The number of carbonyl (C=O) groups is 1. The van der Waals surface area contributed by atoms with Crippen molar-refractivity contribution in [1.29, 1.82) is 0 Å². The molecule has 1 aliphatic rings. The summed E-state index contributed by atoms with van der Waals surface area (Å²) in [5.74, 6) is -0.420. The lowest BCUT2D eigenvalue weighted by Gasteiger charge is -2.23. The van der Waals surface area contributed by atoms with Crippen LogP contribution >= 0.6 is 0 Å². The van der Waals surface area contributed by atoms with Crippen molar-refractivity contribution in [2.45, 2.75) is 33.2 Å². The van der Waals surface area contributed by atoms with Gasteiger partial charge in [-0.15, -0.1) is 0 Å². The number of amides is 1. The lowest BCUT2D eigenvalue weighted by molar-refractivity contribution is -0.133. The van der Waals surface area contributed by atoms with Gasteiger partial charge in [0.25, 0.3) is 0 Å². The molecule has 0 aliphatic carbocycles. The van der Waals surface area contributed by atoms with Crippen LogP contribution in [0.5, 0.6) is 0 Å². The molecule has 0 radical (unpaired) electrons. The molecule has 1 saturated heterocycles. The van der Waals surface area contributed by atoms with Crippen LogP contribution in [-0.2, 0) is 14.8 Å². The van der Waals surface area contributed by atoms with Gasteiger partial charge in [-0.2, -0.15) is 0 Å². The van der Waals surface area contributed by atoms with Crippen LogP contribution in [0.2, 0.25) is 0 Å². The Bertz CT molecular complexity index is 362. The van der Waals surface area contributed by atoms with Crippen LogP contribution in [0.15, 0.2) is 0 Å². The molecule has 0 aromatic heterocycles. The Balaban J connectivity index is 3.03. The van der Waals surface area contributed by atoms with E-state index in [1.54, 1.807) is 20.8 Å². The largest absolute Gasteiger partial charge is 0.330 e. The molecule has 1 fully saturated rings. The Morgan fingerprint density at radius 3 is 2.40 bits per heavy atom. The summed E-state index contributed by atoms with van der Waals surface area (Å²) >= 11 is 0. The molecular formula is C9H18N2O3S. The summed E-state index contributed by atoms with van der Waals surface area (Å²) in [7, 11) is -3.44. The first kappa shape index (κ1) is 12.4. The van der Waals surface area contributed by atoms with E-state index in [1.807, 2.05) is 0 Å². The van der Waals surface area contributed by atoms with Gasteiger partial charge in [-0.3, -0.25) is 4.79 Å². The van der Waals surface area contributed by atoms with E-state index < -0.39 is 15.4 Å². The van der Waals surface area contributed by atoms with Crippen molar-refractivity contribution in [3.05, 3.63) is 0 Å². The highest BCUT2D eigenvalue weighted by Gasteiger charge is 2.50. The molecule has 2 N–H and O–H groups in total. The predicted octanol–water partition coefficient (Wildman–Crippen LogP) is -0.0781. The van der Waals surface area contributed by atoms with Crippen LogP contribution < -0.4 is 5.73 Å². The van der Waals surface area contributed by atoms with Gasteiger partial charge in [0.2, 0.25) is 15.9 Å². The SMILES string of the molecule is CC(CCN)N1C(=O)C(C)(C)CS1(=O)=O. The van der Waals surface area contributed by atoms with Crippen molar-refractivity contribution in [2.75, 3.05) is 12.3 Å². The summed E-state index contributed by atoms with van der Waals surface area (Å²) in [6.07, 6.45) is 0.501. The van der Waals surface area contributed by atoms with E-state index >= 15 is 0 Å². The topological polar surface area (TPSA) is 80.5 Å². The van der Waals surface area contributed by atoms with Crippen LogP contribution in [0, 0.1) is 5.41 Å². The molecule has 1 amide bonds. The molecule has 0 spiro atoms. The molecule has 1 atom stereocenters. The Kier molecular flexibility index (Phi) is 3.11. The van der Waals surface area contributed by atoms with Crippen molar-refractivity contribution in [3.8, 4) is 0 Å². The zero-order chi connectivity index (χ0) is 11.9. The van der Waals surface area contributed by atoms with E-state index in [0.29, 0.717) is 13.0 Å². The molecule has 1 aliphatic heterocycles. The summed E-state index contributed by atoms with van der Waals surface area (Å²) < 4.78 is 24.5. The van der Waals surface area contributed by atoms with Crippen molar-refractivity contribution in [1.82, 2.24) is 4.31 Å².